The molecule has 1 saturated carbocycles. The lowest BCUT2D eigenvalue weighted by molar-refractivity contribution is 0.0546. The third kappa shape index (κ3) is 4.66. The molecule has 2 aliphatic rings. The van der Waals surface area contributed by atoms with Gasteiger partial charge in [0.25, 0.3) is 0 Å². The first-order valence-electron chi connectivity index (χ1n) is 10.4. The van der Waals surface area contributed by atoms with Crippen LogP contribution >= 0.6 is 0 Å². The molecular weight excluding hydrogens is 385 g/mol. The fraction of sp³-hybridized carbons (Fsp3) is 0.478. The van der Waals surface area contributed by atoms with Crippen LogP contribution in [0.1, 0.15) is 51.7 Å². The quantitative estimate of drug-likeness (QED) is 0.772. The summed E-state index contributed by atoms with van der Waals surface area (Å²) >= 11 is 0. The summed E-state index contributed by atoms with van der Waals surface area (Å²) in [6.45, 7) is 7.80. The van der Waals surface area contributed by atoms with Crippen molar-refractivity contribution in [1.29, 1.82) is 0 Å². The summed E-state index contributed by atoms with van der Waals surface area (Å²) in [4.78, 5) is 19.3. The number of anilines is 2. The molecule has 1 aliphatic heterocycles. The fourth-order valence-electron chi connectivity index (χ4n) is 3.41. The topological polar surface area (TPSA) is 63.7 Å². The average Bonchev–Trinajstić information content (AvgIpc) is 3.47. The lowest BCUT2D eigenvalue weighted by atomic mass is 10.0. The summed E-state index contributed by atoms with van der Waals surface area (Å²) in [6.07, 6.45) is 2.36. The van der Waals surface area contributed by atoms with E-state index in [0.717, 1.165) is 29.8 Å². The summed E-state index contributed by atoms with van der Waals surface area (Å²) in [7, 11) is 0. The second-order valence-electron chi connectivity index (χ2n) is 9.05. The van der Waals surface area contributed by atoms with Gasteiger partial charge in [0.15, 0.2) is 0 Å². The standard InChI is InChI=1S/C23H28FN3O3/c1-14-13-29-21-19(27(14)22(28)30-23(2,3)4)12-16(20(26-21)25-18-9-10-18)11-15-5-7-17(24)8-6-15/h5-8,12,14,18H,9-11,13H2,1-4H3,(H,25,26)/t14-/m0/s1. The number of nitrogens with zero attached hydrogens (tertiary/aromatic N) is 2. The van der Waals surface area contributed by atoms with Crippen LogP contribution in [0.3, 0.4) is 0 Å². The molecule has 160 valence electrons. The summed E-state index contributed by atoms with van der Waals surface area (Å²) in [5.74, 6) is 0.904. The van der Waals surface area contributed by atoms with E-state index in [1.807, 2.05) is 33.8 Å². The van der Waals surface area contributed by atoms with Gasteiger partial charge in [-0.2, -0.15) is 4.98 Å². The molecule has 0 saturated heterocycles. The van der Waals surface area contributed by atoms with Gasteiger partial charge in [0.2, 0.25) is 5.88 Å². The molecule has 1 N–H and O–H groups in total. The number of ether oxygens (including phenoxy) is 2. The van der Waals surface area contributed by atoms with Gasteiger partial charge in [-0.25, -0.2) is 9.18 Å². The zero-order valence-corrected chi connectivity index (χ0v) is 17.9. The van der Waals surface area contributed by atoms with Gasteiger partial charge < -0.3 is 14.8 Å². The molecule has 7 heteroatoms. The van der Waals surface area contributed by atoms with E-state index in [1.54, 1.807) is 17.0 Å². The van der Waals surface area contributed by atoms with Gasteiger partial charge in [-0.05, 0) is 64.3 Å². The number of carbonyl (C=O) groups is 1. The average molecular weight is 413 g/mol. The lowest BCUT2D eigenvalue weighted by Crippen LogP contribution is -2.47. The number of amides is 1. The molecule has 0 radical (unpaired) electrons. The fourth-order valence-corrected chi connectivity index (χ4v) is 3.41. The summed E-state index contributed by atoms with van der Waals surface area (Å²) < 4.78 is 24.8. The van der Waals surface area contributed by atoms with Crippen molar-refractivity contribution in [3.05, 3.63) is 47.3 Å². The molecule has 0 spiro atoms. The van der Waals surface area contributed by atoms with Crippen molar-refractivity contribution >= 4 is 17.6 Å². The largest absolute Gasteiger partial charge is 0.474 e. The number of rotatable bonds is 4. The van der Waals surface area contributed by atoms with Gasteiger partial charge in [0, 0.05) is 18.0 Å². The van der Waals surface area contributed by atoms with Crippen molar-refractivity contribution in [2.24, 2.45) is 0 Å². The zero-order valence-electron chi connectivity index (χ0n) is 17.9. The van der Waals surface area contributed by atoms with Crippen LogP contribution in [0, 0.1) is 5.82 Å². The molecule has 1 aromatic carbocycles. The Labute approximate surface area is 176 Å². The number of pyridine rings is 1. The van der Waals surface area contributed by atoms with Crippen LogP contribution in [0.2, 0.25) is 0 Å². The van der Waals surface area contributed by atoms with Crippen LogP contribution in [-0.2, 0) is 11.2 Å². The Balaban J connectivity index is 1.71. The normalized spacial score (nSPS) is 18.4. The van der Waals surface area contributed by atoms with Crippen molar-refractivity contribution in [2.45, 2.75) is 64.6 Å². The maximum absolute atomic E-state index is 13.3. The maximum atomic E-state index is 13.3. The van der Waals surface area contributed by atoms with Gasteiger partial charge in [0.05, 0.1) is 6.04 Å². The molecule has 4 rings (SSSR count). The molecule has 2 heterocycles. The van der Waals surface area contributed by atoms with E-state index in [1.165, 1.54) is 12.1 Å². The van der Waals surface area contributed by atoms with E-state index in [4.69, 9.17) is 14.5 Å². The zero-order chi connectivity index (χ0) is 21.5. The monoisotopic (exact) mass is 413 g/mol. The molecule has 1 fully saturated rings. The minimum absolute atomic E-state index is 0.185. The van der Waals surface area contributed by atoms with Crippen LogP contribution in [-0.4, -0.2) is 35.4 Å². The molecule has 0 bridgehead atoms. The van der Waals surface area contributed by atoms with Crippen LogP contribution in [0.15, 0.2) is 30.3 Å². The predicted molar refractivity (Wildman–Crippen MR) is 114 cm³/mol. The van der Waals surface area contributed by atoms with Gasteiger partial charge in [-0.3, -0.25) is 4.90 Å². The highest BCUT2D eigenvalue weighted by molar-refractivity contribution is 5.91. The molecule has 6 nitrogen and oxygen atoms in total. The summed E-state index contributed by atoms with van der Waals surface area (Å²) in [6, 6.07) is 8.60. The molecule has 0 unspecified atom stereocenters. The van der Waals surface area contributed by atoms with E-state index >= 15 is 0 Å². The first kappa shape index (κ1) is 20.4. The SMILES string of the molecule is C[C@H]1COc2nc(NC3CC3)c(Cc3ccc(F)cc3)cc2N1C(=O)OC(C)(C)C. The first-order valence-corrected chi connectivity index (χ1v) is 10.4. The van der Waals surface area contributed by atoms with Crippen molar-refractivity contribution in [2.75, 3.05) is 16.8 Å². The Morgan fingerprint density at radius 1 is 1.30 bits per heavy atom. The molecule has 1 amide bonds. The number of fused-ring (bicyclic) bond motifs is 1. The second kappa shape index (κ2) is 7.78. The Hall–Kier alpha value is -2.83. The van der Waals surface area contributed by atoms with E-state index in [-0.39, 0.29) is 11.9 Å². The second-order valence-corrected chi connectivity index (χ2v) is 9.05. The Morgan fingerprint density at radius 3 is 2.63 bits per heavy atom. The van der Waals surface area contributed by atoms with E-state index in [2.05, 4.69) is 5.32 Å². The number of hydrogen-bond acceptors (Lipinski definition) is 5. The summed E-state index contributed by atoms with van der Waals surface area (Å²) in [5, 5.41) is 3.46. The van der Waals surface area contributed by atoms with E-state index in [0.29, 0.717) is 30.6 Å². The van der Waals surface area contributed by atoms with Crippen LogP contribution < -0.4 is 15.0 Å². The minimum Gasteiger partial charge on any atom is -0.474 e. The molecule has 1 aromatic heterocycles. The first-order chi connectivity index (χ1) is 14.2. The maximum Gasteiger partial charge on any atom is 0.415 e. The Bertz CT molecular complexity index is 936. The smallest absolute Gasteiger partial charge is 0.415 e. The van der Waals surface area contributed by atoms with Crippen LogP contribution in [0.25, 0.3) is 0 Å². The number of benzene rings is 1. The minimum atomic E-state index is -0.604. The lowest BCUT2D eigenvalue weighted by Gasteiger charge is -2.36. The van der Waals surface area contributed by atoms with Crippen molar-refractivity contribution in [3.63, 3.8) is 0 Å². The van der Waals surface area contributed by atoms with Crippen LogP contribution in [0.5, 0.6) is 5.88 Å². The molecule has 2 aromatic rings. The highest BCUT2D eigenvalue weighted by Gasteiger charge is 2.35. The Kier molecular flexibility index (Phi) is 5.30. The Morgan fingerprint density at radius 2 is 2.00 bits per heavy atom. The number of carbonyl (C=O) groups excluding carboxylic acids is 1. The third-order valence-electron chi connectivity index (χ3n) is 5.03. The molecule has 30 heavy (non-hydrogen) atoms. The van der Waals surface area contributed by atoms with E-state index < -0.39 is 11.7 Å². The van der Waals surface area contributed by atoms with Gasteiger partial charge in [-0.15, -0.1) is 0 Å². The van der Waals surface area contributed by atoms with Gasteiger partial charge >= 0.3 is 6.09 Å². The number of nitrogens with one attached hydrogen (secondary N) is 1. The van der Waals surface area contributed by atoms with Crippen LogP contribution in [0.4, 0.5) is 20.7 Å². The predicted octanol–water partition coefficient (Wildman–Crippen LogP) is 4.91. The number of halogens is 1. The molecular formula is C23H28FN3O3. The molecule has 1 atom stereocenters. The van der Waals surface area contributed by atoms with Gasteiger partial charge in [-0.1, -0.05) is 12.1 Å². The van der Waals surface area contributed by atoms with Gasteiger partial charge in [0.1, 0.15) is 29.5 Å². The van der Waals surface area contributed by atoms with E-state index in [9.17, 15) is 9.18 Å². The number of hydrogen-bond donors (Lipinski definition) is 1. The number of aromatic nitrogens is 1. The van der Waals surface area contributed by atoms with Crippen molar-refractivity contribution < 1.29 is 18.7 Å². The highest BCUT2D eigenvalue weighted by atomic mass is 19.1. The summed E-state index contributed by atoms with van der Waals surface area (Å²) in [5.41, 5.74) is 1.89. The highest BCUT2D eigenvalue weighted by Crippen LogP contribution is 2.38. The third-order valence-corrected chi connectivity index (χ3v) is 5.03. The molecule has 1 aliphatic carbocycles. The van der Waals surface area contributed by atoms with Crippen molar-refractivity contribution in [3.8, 4) is 5.88 Å². The van der Waals surface area contributed by atoms with Crippen molar-refractivity contribution in [1.82, 2.24) is 4.98 Å².